The molecule has 0 atom stereocenters. The maximum absolute atomic E-state index is 10.2. The highest BCUT2D eigenvalue weighted by molar-refractivity contribution is 6.63. The van der Waals surface area contributed by atoms with Gasteiger partial charge in [0.2, 0.25) is 0 Å². The van der Waals surface area contributed by atoms with Crippen LogP contribution in [-0.4, -0.2) is 25.4 Å². The zero-order valence-corrected chi connectivity index (χ0v) is 10.3. The van der Waals surface area contributed by atoms with E-state index in [1.165, 1.54) is 5.56 Å². The lowest BCUT2D eigenvalue weighted by Gasteiger charge is -2.18. The van der Waals surface area contributed by atoms with Crippen LogP contribution in [-0.2, 0) is 9.31 Å². The maximum atomic E-state index is 10.2. The fourth-order valence-electron chi connectivity index (χ4n) is 2.14. The molecule has 0 spiro atoms. The molecule has 0 aliphatic carbocycles. The van der Waals surface area contributed by atoms with E-state index >= 15 is 0 Å². The standard InChI is InChI=1S/C12H17BO3/c1-7-8(2)10(4)12(14)11(9(7)3)13-15-5-6-16-13/h14H,5-6H2,1-4H3. The molecular weight excluding hydrogens is 203 g/mol. The molecule has 0 amide bonds. The molecule has 0 bridgehead atoms. The minimum atomic E-state index is -0.405. The van der Waals surface area contributed by atoms with Crippen LogP contribution in [0.3, 0.4) is 0 Å². The van der Waals surface area contributed by atoms with Crippen LogP contribution in [0.25, 0.3) is 0 Å². The number of hydrogen-bond acceptors (Lipinski definition) is 3. The van der Waals surface area contributed by atoms with E-state index in [1.54, 1.807) is 0 Å². The largest absolute Gasteiger partial charge is 0.508 e. The molecule has 1 fully saturated rings. The highest BCUT2D eigenvalue weighted by atomic mass is 16.6. The molecule has 1 aromatic rings. The van der Waals surface area contributed by atoms with Crippen molar-refractivity contribution in [3.8, 4) is 5.75 Å². The SMILES string of the molecule is Cc1c(C)c(C)c(B2OCCO2)c(O)c1C. The van der Waals surface area contributed by atoms with Crippen LogP contribution >= 0.6 is 0 Å². The fraction of sp³-hybridized carbons (Fsp3) is 0.500. The Bertz CT molecular complexity index is 394. The zero-order chi connectivity index (χ0) is 11.9. The van der Waals surface area contributed by atoms with E-state index in [-0.39, 0.29) is 0 Å². The Morgan fingerprint density at radius 1 is 0.875 bits per heavy atom. The summed E-state index contributed by atoms with van der Waals surface area (Å²) in [6.07, 6.45) is 0. The van der Waals surface area contributed by atoms with Crippen molar-refractivity contribution in [2.45, 2.75) is 27.7 Å². The van der Waals surface area contributed by atoms with Crippen LogP contribution in [0, 0.1) is 27.7 Å². The van der Waals surface area contributed by atoms with Gasteiger partial charge in [0.1, 0.15) is 5.75 Å². The number of aromatic hydroxyl groups is 1. The summed E-state index contributed by atoms with van der Waals surface area (Å²) >= 11 is 0. The van der Waals surface area contributed by atoms with E-state index in [0.29, 0.717) is 19.0 Å². The molecule has 0 saturated carbocycles. The van der Waals surface area contributed by atoms with Crippen molar-refractivity contribution in [1.82, 2.24) is 0 Å². The first-order valence-electron chi connectivity index (χ1n) is 5.56. The highest BCUT2D eigenvalue weighted by Crippen LogP contribution is 2.25. The van der Waals surface area contributed by atoms with Gasteiger partial charge in [-0.25, -0.2) is 0 Å². The minimum absolute atomic E-state index is 0.313. The first-order chi connectivity index (χ1) is 7.54. The molecule has 1 aliphatic heterocycles. The van der Waals surface area contributed by atoms with Gasteiger partial charge in [-0.2, -0.15) is 0 Å². The van der Waals surface area contributed by atoms with Crippen LogP contribution in [0.2, 0.25) is 0 Å². The number of rotatable bonds is 1. The molecule has 0 radical (unpaired) electrons. The van der Waals surface area contributed by atoms with Crippen molar-refractivity contribution >= 4 is 12.6 Å². The number of phenols is 1. The molecular formula is C12H17BO3. The van der Waals surface area contributed by atoms with Gasteiger partial charge < -0.3 is 14.4 Å². The van der Waals surface area contributed by atoms with Crippen LogP contribution in [0.1, 0.15) is 22.3 Å². The van der Waals surface area contributed by atoms with Crippen molar-refractivity contribution in [1.29, 1.82) is 0 Å². The van der Waals surface area contributed by atoms with Gasteiger partial charge in [-0.3, -0.25) is 0 Å². The van der Waals surface area contributed by atoms with E-state index in [2.05, 4.69) is 6.92 Å². The monoisotopic (exact) mass is 220 g/mol. The predicted molar refractivity (Wildman–Crippen MR) is 64.3 cm³/mol. The van der Waals surface area contributed by atoms with E-state index in [4.69, 9.17) is 9.31 Å². The lowest BCUT2D eigenvalue weighted by Crippen LogP contribution is -2.35. The van der Waals surface area contributed by atoms with Crippen molar-refractivity contribution in [3.05, 3.63) is 22.3 Å². The summed E-state index contributed by atoms with van der Waals surface area (Å²) in [6.45, 7) is 9.20. The summed E-state index contributed by atoms with van der Waals surface area (Å²) in [4.78, 5) is 0. The van der Waals surface area contributed by atoms with E-state index < -0.39 is 7.12 Å². The third-order valence-electron chi connectivity index (χ3n) is 3.56. The molecule has 1 aromatic carbocycles. The molecule has 16 heavy (non-hydrogen) atoms. The van der Waals surface area contributed by atoms with Gasteiger partial charge in [0, 0.05) is 5.46 Å². The van der Waals surface area contributed by atoms with Gasteiger partial charge in [-0.05, 0) is 49.9 Å². The quantitative estimate of drug-likeness (QED) is 0.726. The molecule has 1 aliphatic rings. The molecule has 0 unspecified atom stereocenters. The Kier molecular flexibility index (Phi) is 2.95. The predicted octanol–water partition coefficient (Wildman–Crippen LogP) is 1.37. The molecule has 0 aromatic heterocycles. The second-order valence-electron chi connectivity index (χ2n) is 4.34. The van der Waals surface area contributed by atoms with Crippen LogP contribution in [0.15, 0.2) is 0 Å². The van der Waals surface area contributed by atoms with Crippen LogP contribution in [0.4, 0.5) is 0 Å². The zero-order valence-electron chi connectivity index (χ0n) is 10.3. The van der Waals surface area contributed by atoms with Gasteiger partial charge >= 0.3 is 7.12 Å². The molecule has 3 nitrogen and oxygen atoms in total. The highest BCUT2D eigenvalue weighted by Gasteiger charge is 2.32. The Hall–Kier alpha value is -0.995. The Morgan fingerprint density at radius 2 is 1.38 bits per heavy atom. The summed E-state index contributed by atoms with van der Waals surface area (Å²) in [5, 5.41) is 10.2. The second-order valence-corrected chi connectivity index (χ2v) is 4.34. The van der Waals surface area contributed by atoms with Gasteiger partial charge in [-0.1, -0.05) is 0 Å². The van der Waals surface area contributed by atoms with Gasteiger partial charge in [-0.15, -0.1) is 0 Å². The maximum Gasteiger partial charge on any atom is 0.498 e. The Morgan fingerprint density at radius 3 is 1.94 bits per heavy atom. The number of benzene rings is 1. The van der Waals surface area contributed by atoms with Gasteiger partial charge in [0.05, 0.1) is 13.2 Å². The van der Waals surface area contributed by atoms with Crippen molar-refractivity contribution in [2.24, 2.45) is 0 Å². The summed E-state index contributed by atoms with van der Waals surface area (Å²) in [7, 11) is -0.405. The smallest absolute Gasteiger partial charge is 0.498 e. The molecule has 86 valence electrons. The van der Waals surface area contributed by atoms with Crippen molar-refractivity contribution in [3.63, 3.8) is 0 Å². The van der Waals surface area contributed by atoms with Crippen molar-refractivity contribution < 1.29 is 14.4 Å². The summed E-state index contributed by atoms with van der Waals surface area (Å²) in [5.41, 5.74) is 5.10. The van der Waals surface area contributed by atoms with Gasteiger partial charge in [0.15, 0.2) is 0 Å². The van der Waals surface area contributed by atoms with E-state index in [1.807, 2.05) is 20.8 Å². The first-order valence-corrected chi connectivity index (χ1v) is 5.56. The number of phenolic OH excluding ortho intramolecular Hbond substituents is 1. The fourth-order valence-corrected chi connectivity index (χ4v) is 2.14. The summed E-state index contributed by atoms with van der Waals surface area (Å²) < 4.78 is 10.9. The molecule has 1 saturated heterocycles. The normalized spacial score (nSPS) is 15.9. The first kappa shape index (κ1) is 11.5. The average molecular weight is 220 g/mol. The molecule has 1 N–H and O–H groups in total. The Balaban J connectivity index is 2.59. The van der Waals surface area contributed by atoms with Crippen LogP contribution in [0.5, 0.6) is 5.75 Å². The molecule has 1 heterocycles. The summed E-state index contributed by atoms with van der Waals surface area (Å²) in [6, 6.07) is 0. The third-order valence-corrected chi connectivity index (χ3v) is 3.56. The van der Waals surface area contributed by atoms with Crippen LogP contribution < -0.4 is 5.46 Å². The molecule has 2 rings (SSSR count). The summed E-state index contributed by atoms with van der Waals surface area (Å²) in [5.74, 6) is 0.313. The van der Waals surface area contributed by atoms with E-state index in [0.717, 1.165) is 22.2 Å². The van der Waals surface area contributed by atoms with E-state index in [9.17, 15) is 5.11 Å². The average Bonchev–Trinajstić information content (AvgIpc) is 2.77. The molecule has 4 heteroatoms. The third kappa shape index (κ3) is 1.62. The minimum Gasteiger partial charge on any atom is -0.508 e. The Labute approximate surface area is 96.5 Å². The van der Waals surface area contributed by atoms with Gasteiger partial charge in [0.25, 0.3) is 0 Å². The topological polar surface area (TPSA) is 38.7 Å². The lowest BCUT2D eigenvalue weighted by molar-refractivity contribution is 0.365. The second kappa shape index (κ2) is 4.11. The number of hydrogen-bond donors (Lipinski definition) is 1. The van der Waals surface area contributed by atoms with Crippen molar-refractivity contribution in [2.75, 3.05) is 13.2 Å². The lowest BCUT2D eigenvalue weighted by atomic mass is 9.72.